The van der Waals surface area contributed by atoms with Crippen LogP contribution < -0.4 is 4.74 Å². The van der Waals surface area contributed by atoms with Gasteiger partial charge in [0.25, 0.3) is 0 Å². The molecule has 1 aromatic heterocycles. The Bertz CT molecular complexity index is 982. The fourth-order valence-corrected chi connectivity index (χ4v) is 4.00. The van der Waals surface area contributed by atoms with Gasteiger partial charge in [0.2, 0.25) is 0 Å². The van der Waals surface area contributed by atoms with E-state index in [4.69, 9.17) is 32.7 Å². The molecule has 1 saturated heterocycles. The molecule has 1 aliphatic heterocycles. The molecule has 1 amide bonds. The van der Waals surface area contributed by atoms with Crippen LogP contribution in [0, 0.1) is 0 Å². The fraction of sp³-hybridized carbons (Fsp3) is 0.273. The molecule has 0 atom stereocenters. The molecule has 3 aromatic rings. The molecule has 0 unspecified atom stereocenters. The van der Waals surface area contributed by atoms with E-state index in [1.54, 1.807) is 35.6 Å². The maximum Gasteiger partial charge on any atom is 0.410 e. The molecular weight excluding hydrogens is 425 g/mol. The van der Waals surface area contributed by atoms with Crippen molar-refractivity contribution < 1.29 is 14.3 Å². The molecule has 0 radical (unpaired) electrons. The lowest BCUT2D eigenvalue weighted by atomic mass is 10.1. The maximum atomic E-state index is 12.4. The highest BCUT2D eigenvalue weighted by Gasteiger charge is 2.25. The van der Waals surface area contributed by atoms with Crippen LogP contribution >= 0.6 is 23.2 Å². The molecule has 0 bridgehead atoms. The summed E-state index contributed by atoms with van der Waals surface area (Å²) < 4.78 is 11.5. The Morgan fingerprint density at radius 1 is 1.13 bits per heavy atom. The molecule has 156 valence electrons. The minimum Gasteiger partial charge on any atom is -0.490 e. The average molecular weight is 446 g/mol. The number of carbonyl (C=O) groups excluding carboxylic acids is 1. The van der Waals surface area contributed by atoms with Gasteiger partial charge in [-0.1, -0.05) is 35.3 Å². The molecule has 8 heteroatoms. The lowest BCUT2D eigenvalue weighted by Gasteiger charge is -2.31. The highest BCUT2D eigenvalue weighted by Crippen LogP contribution is 2.25. The summed E-state index contributed by atoms with van der Waals surface area (Å²) in [6, 6.07) is 13.0. The van der Waals surface area contributed by atoms with Crippen molar-refractivity contribution in [2.24, 2.45) is 0 Å². The Labute approximate surface area is 184 Å². The van der Waals surface area contributed by atoms with E-state index in [1.165, 1.54) is 0 Å². The number of carbonyl (C=O) groups is 1. The number of aromatic amines is 1. The standard InChI is InChI=1S/C22H21Cl2N3O3/c23-17-8-15(9-18(24)11-17)13-29-22(28)27-6-4-19(5-7-27)30-20-3-1-2-16(10-20)21-12-25-14-26-21/h1-3,8-12,14,19H,4-7,13H2,(H,25,26). The van der Waals surface area contributed by atoms with Gasteiger partial charge in [0.15, 0.2) is 0 Å². The van der Waals surface area contributed by atoms with Crippen LogP contribution in [0.3, 0.4) is 0 Å². The van der Waals surface area contributed by atoms with Gasteiger partial charge >= 0.3 is 6.09 Å². The number of hydrogen-bond donors (Lipinski definition) is 1. The van der Waals surface area contributed by atoms with Gasteiger partial charge in [0.1, 0.15) is 18.5 Å². The fourth-order valence-electron chi connectivity index (χ4n) is 3.43. The minimum atomic E-state index is -0.342. The second-order valence-corrected chi connectivity index (χ2v) is 8.00. The Morgan fingerprint density at radius 2 is 1.90 bits per heavy atom. The highest BCUT2D eigenvalue weighted by molar-refractivity contribution is 6.34. The first-order valence-corrected chi connectivity index (χ1v) is 10.4. The predicted molar refractivity (Wildman–Crippen MR) is 116 cm³/mol. The van der Waals surface area contributed by atoms with Gasteiger partial charge in [-0.15, -0.1) is 0 Å². The number of aromatic nitrogens is 2. The topological polar surface area (TPSA) is 67.4 Å². The van der Waals surface area contributed by atoms with E-state index in [0.717, 1.165) is 35.4 Å². The number of halogens is 2. The number of likely N-dealkylation sites (tertiary alicyclic amines) is 1. The summed E-state index contributed by atoms with van der Waals surface area (Å²) in [6.07, 6.45) is 4.63. The van der Waals surface area contributed by atoms with Crippen molar-refractivity contribution in [2.45, 2.75) is 25.6 Å². The number of nitrogens with one attached hydrogen (secondary N) is 1. The van der Waals surface area contributed by atoms with Crippen LogP contribution in [-0.2, 0) is 11.3 Å². The second-order valence-electron chi connectivity index (χ2n) is 7.13. The first-order valence-electron chi connectivity index (χ1n) is 9.69. The maximum absolute atomic E-state index is 12.4. The van der Waals surface area contributed by atoms with E-state index in [-0.39, 0.29) is 18.8 Å². The molecular formula is C22H21Cl2N3O3. The number of benzene rings is 2. The Hall–Kier alpha value is -2.70. The average Bonchev–Trinajstić information content (AvgIpc) is 3.27. The summed E-state index contributed by atoms with van der Waals surface area (Å²) in [6.45, 7) is 1.30. The van der Waals surface area contributed by atoms with Crippen molar-refractivity contribution in [2.75, 3.05) is 13.1 Å². The Kier molecular flexibility index (Phi) is 6.45. The van der Waals surface area contributed by atoms with Crippen molar-refractivity contribution in [1.82, 2.24) is 14.9 Å². The van der Waals surface area contributed by atoms with Crippen molar-refractivity contribution >= 4 is 29.3 Å². The lowest BCUT2D eigenvalue weighted by Crippen LogP contribution is -2.42. The summed E-state index contributed by atoms with van der Waals surface area (Å²) in [7, 11) is 0. The zero-order valence-electron chi connectivity index (χ0n) is 16.2. The summed E-state index contributed by atoms with van der Waals surface area (Å²) in [5.41, 5.74) is 2.72. The number of nitrogens with zero attached hydrogens (tertiary/aromatic N) is 2. The van der Waals surface area contributed by atoms with E-state index in [2.05, 4.69) is 9.97 Å². The normalized spacial score (nSPS) is 14.5. The highest BCUT2D eigenvalue weighted by atomic mass is 35.5. The minimum absolute atomic E-state index is 0.0535. The SMILES string of the molecule is O=C(OCc1cc(Cl)cc(Cl)c1)N1CCC(Oc2cccc(-c3cnc[nH]3)c2)CC1. The van der Waals surface area contributed by atoms with Crippen LogP contribution in [0.15, 0.2) is 55.0 Å². The summed E-state index contributed by atoms with van der Waals surface area (Å²) in [4.78, 5) is 21.2. The third-order valence-corrected chi connectivity index (χ3v) is 5.37. The smallest absolute Gasteiger partial charge is 0.410 e. The molecule has 2 aromatic carbocycles. The quantitative estimate of drug-likeness (QED) is 0.557. The van der Waals surface area contributed by atoms with Gasteiger partial charge in [-0.25, -0.2) is 9.78 Å². The van der Waals surface area contributed by atoms with E-state index < -0.39 is 0 Å². The molecule has 1 fully saturated rings. The third-order valence-electron chi connectivity index (χ3n) is 4.93. The van der Waals surface area contributed by atoms with Crippen molar-refractivity contribution in [1.29, 1.82) is 0 Å². The molecule has 0 spiro atoms. The molecule has 1 N–H and O–H groups in total. The zero-order valence-corrected chi connectivity index (χ0v) is 17.7. The number of amides is 1. The van der Waals surface area contributed by atoms with E-state index in [1.807, 2.05) is 24.3 Å². The van der Waals surface area contributed by atoms with E-state index in [0.29, 0.717) is 23.1 Å². The number of ether oxygens (including phenoxy) is 2. The predicted octanol–water partition coefficient (Wildman–Crippen LogP) is 5.56. The second kappa shape index (κ2) is 9.41. The first-order chi connectivity index (χ1) is 14.6. The number of imidazole rings is 1. The van der Waals surface area contributed by atoms with Crippen LogP contribution in [0.5, 0.6) is 5.75 Å². The Morgan fingerprint density at radius 3 is 2.60 bits per heavy atom. The number of rotatable bonds is 5. The van der Waals surface area contributed by atoms with Crippen molar-refractivity contribution in [3.05, 3.63) is 70.6 Å². The van der Waals surface area contributed by atoms with Gasteiger partial charge in [0, 0.05) is 41.5 Å². The van der Waals surface area contributed by atoms with Crippen LogP contribution in [0.25, 0.3) is 11.3 Å². The monoisotopic (exact) mass is 445 g/mol. The van der Waals surface area contributed by atoms with Crippen molar-refractivity contribution in [3.63, 3.8) is 0 Å². The lowest BCUT2D eigenvalue weighted by molar-refractivity contribution is 0.0638. The summed E-state index contributed by atoms with van der Waals surface area (Å²) >= 11 is 12.0. The Balaban J connectivity index is 1.26. The van der Waals surface area contributed by atoms with Crippen LogP contribution in [0.1, 0.15) is 18.4 Å². The van der Waals surface area contributed by atoms with Gasteiger partial charge in [-0.05, 0) is 35.9 Å². The van der Waals surface area contributed by atoms with Gasteiger partial charge in [-0.3, -0.25) is 0 Å². The van der Waals surface area contributed by atoms with Gasteiger partial charge < -0.3 is 19.4 Å². The molecule has 0 aliphatic carbocycles. The van der Waals surface area contributed by atoms with E-state index in [9.17, 15) is 4.79 Å². The largest absolute Gasteiger partial charge is 0.490 e. The van der Waals surface area contributed by atoms with Gasteiger partial charge in [0.05, 0.1) is 18.2 Å². The number of piperidine rings is 1. The van der Waals surface area contributed by atoms with Crippen molar-refractivity contribution in [3.8, 4) is 17.0 Å². The van der Waals surface area contributed by atoms with Crippen LogP contribution in [0.2, 0.25) is 10.0 Å². The zero-order chi connectivity index (χ0) is 20.9. The first kappa shape index (κ1) is 20.6. The molecule has 4 rings (SSSR count). The molecule has 2 heterocycles. The molecule has 30 heavy (non-hydrogen) atoms. The molecule has 1 aliphatic rings. The third kappa shape index (κ3) is 5.26. The molecule has 6 nitrogen and oxygen atoms in total. The molecule has 0 saturated carbocycles. The number of hydrogen-bond acceptors (Lipinski definition) is 4. The van der Waals surface area contributed by atoms with Gasteiger partial charge in [-0.2, -0.15) is 0 Å². The van der Waals surface area contributed by atoms with E-state index >= 15 is 0 Å². The van der Waals surface area contributed by atoms with Crippen LogP contribution in [0.4, 0.5) is 4.79 Å². The summed E-state index contributed by atoms with van der Waals surface area (Å²) in [5, 5.41) is 1.03. The number of H-pyrrole nitrogens is 1. The van der Waals surface area contributed by atoms with Crippen LogP contribution in [-0.4, -0.2) is 40.2 Å². The summed E-state index contributed by atoms with van der Waals surface area (Å²) in [5.74, 6) is 0.806.